The number of piperidine rings is 1. The number of nitrogens with zero attached hydrogens (tertiary/aromatic N) is 2. The van der Waals surface area contributed by atoms with E-state index in [1.54, 1.807) is 7.11 Å². The summed E-state index contributed by atoms with van der Waals surface area (Å²) in [5.74, 6) is 0.998. The van der Waals surface area contributed by atoms with Gasteiger partial charge in [-0.2, -0.15) is 0 Å². The molecule has 1 aliphatic rings. The minimum Gasteiger partial charge on any atom is -0.497 e. The molecule has 0 bridgehead atoms. The summed E-state index contributed by atoms with van der Waals surface area (Å²) in [5, 5.41) is 3.21. The second-order valence-electron chi connectivity index (χ2n) is 8.43. The summed E-state index contributed by atoms with van der Waals surface area (Å²) in [6.07, 6.45) is 2.60. The Hall–Kier alpha value is -2.37. The van der Waals surface area contributed by atoms with Crippen molar-refractivity contribution in [3.8, 4) is 5.75 Å². The number of ether oxygens (including phenoxy) is 1. The van der Waals surface area contributed by atoms with Crippen LogP contribution in [0.3, 0.4) is 0 Å². The maximum absolute atomic E-state index is 13.4. The van der Waals surface area contributed by atoms with Gasteiger partial charge in [0.2, 0.25) is 5.91 Å². The van der Waals surface area contributed by atoms with E-state index < -0.39 is 0 Å². The van der Waals surface area contributed by atoms with Gasteiger partial charge in [-0.1, -0.05) is 42.5 Å². The Morgan fingerprint density at radius 2 is 1.83 bits per heavy atom. The molecule has 30 heavy (non-hydrogen) atoms. The van der Waals surface area contributed by atoms with E-state index in [1.165, 1.54) is 5.56 Å². The van der Waals surface area contributed by atoms with Crippen LogP contribution in [0.2, 0.25) is 0 Å². The molecule has 162 valence electrons. The highest BCUT2D eigenvalue weighted by Crippen LogP contribution is 2.37. The smallest absolute Gasteiger partial charge is 0.227 e. The molecular formula is C25H35N3O2. The zero-order valence-corrected chi connectivity index (χ0v) is 18.7. The monoisotopic (exact) mass is 409 g/mol. The van der Waals surface area contributed by atoms with Crippen molar-refractivity contribution in [3.63, 3.8) is 0 Å². The number of hydrogen-bond acceptors (Lipinski definition) is 4. The summed E-state index contributed by atoms with van der Waals surface area (Å²) in [5.41, 5.74) is 2.46. The van der Waals surface area contributed by atoms with Gasteiger partial charge in [-0.3, -0.25) is 9.69 Å². The lowest BCUT2D eigenvalue weighted by atomic mass is 9.79. The molecule has 1 amide bonds. The number of hydrogen-bond donors (Lipinski definition) is 1. The van der Waals surface area contributed by atoms with Gasteiger partial charge in [0, 0.05) is 25.2 Å². The fourth-order valence-corrected chi connectivity index (χ4v) is 4.67. The first-order valence-electron chi connectivity index (χ1n) is 10.8. The Bertz CT molecular complexity index is 814. The highest BCUT2D eigenvalue weighted by atomic mass is 16.5. The molecule has 2 aromatic rings. The van der Waals surface area contributed by atoms with Crippen LogP contribution in [0.5, 0.6) is 5.75 Å². The SMILES string of the molecule is CNCC(Cc1cccc(OC)c1)C(=O)N1CCC(c2ccccc2)(N(C)C)CC1. The highest BCUT2D eigenvalue weighted by Gasteiger charge is 2.40. The summed E-state index contributed by atoms with van der Waals surface area (Å²) in [6, 6.07) is 18.7. The molecule has 1 aliphatic heterocycles. The second-order valence-corrected chi connectivity index (χ2v) is 8.43. The molecule has 2 aromatic carbocycles. The zero-order chi connectivity index (χ0) is 21.6. The van der Waals surface area contributed by atoms with E-state index >= 15 is 0 Å². The van der Waals surface area contributed by atoms with Crippen LogP contribution in [-0.4, -0.2) is 63.6 Å². The fraction of sp³-hybridized carbons (Fsp3) is 0.480. The minimum absolute atomic E-state index is 0.0106. The van der Waals surface area contributed by atoms with Gasteiger partial charge in [0.25, 0.3) is 0 Å². The second kappa shape index (κ2) is 10.1. The Kier molecular flexibility index (Phi) is 7.51. The third-order valence-electron chi connectivity index (χ3n) is 6.49. The van der Waals surface area contributed by atoms with Crippen molar-refractivity contribution in [1.82, 2.24) is 15.1 Å². The standard InChI is InChI=1S/C25H35N3O2/c1-26-19-21(17-20-9-8-12-23(18-20)30-4)24(29)28-15-13-25(14-16-28,27(2)3)22-10-6-5-7-11-22/h5-12,18,21,26H,13-17,19H2,1-4H3. The molecule has 5 nitrogen and oxygen atoms in total. The highest BCUT2D eigenvalue weighted by molar-refractivity contribution is 5.79. The molecule has 1 atom stereocenters. The summed E-state index contributed by atoms with van der Waals surface area (Å²) >= 11 is 0. The van der Waals surface area contributed by atoms with E-state index in [9.17, 15) is 4.79 Å². The van der Waals surface area contributed by atoms with Crippen molar-refractivity contribution in [3.05, 3.63) is 65.7 Å². The molecule has 0 aromatic heterocycles. The lowest BCUT2D eigenvalue weighted by Gasteiger charge is -2.47. The zero-order valence-electron chi connectivity index (χ0n) is 18.7. The maximum Gasteiger partial charge on any atom is 0.227 e. The number of benzene rings is 2. The third kappa shape index (κ3) is 4.85. The van der Waals surface area contributed by atoms with Crippen molar-refractivity contribution < 1.29 is 9.53 Å². The van der Waals surface area contributed by atoms with Crippen LogP contribution < -0.4 is 10.1 Å². The first-order chi connectivity index (χ1) is 14.5. The van der Waals surface area contributed by atoms with Gasteiger partial charge < -0.3 is 15.0 Å². The Labute approximate surface area is 181 Å². The maximum atomic E-state index is 13.4. The van der Waals surface area contributed by atoms with Gasteiger partial charge in [-0.05, 0) is 63.7 Å². The molecule has 1 saturated heterocycles. The lowest BCUT2D eigenvalue weighted by Crippen LogP contribution is -2.53. The van der Waals surface area contributed by atoms with E-state index in [-0.39, 0.29) is 17.4 Å². The molecule has 0 aliphatic carbocycles. The molecule has 1 unspecified atom stereocenters. The summed E-state index contributed by atoms with van der Waals surface area (Å²) in [4.78, 5) is 17.8. The van der Waals surface area contributed by atoms with Crippen molar-refractivity contribution >= 4 is 5.91 Å². The predicted octanol–water partition coefficient (Wildman–Crippen LogP) is 3.15. The number of likely N-dealkylation sites (tertiary alicyclic amines) is 1. The van der Waals surface area contributed by atoms with E-state index in [0.717, 1.165) is 37.2 Å². The number of amides is 1. The molecule has 1 N–H and O–H groups in total. The first kappa shape index (κ1) is 22.3. The number of carbonyl (C=O) groups excluding carboxylic acids is 1. The molecule has 5 heteroatoms. The Morgan fingerprint density at radius 1 is 1.13 bits per heavy atom. The van der Waals surface area contributed by atoms with Crippen LogP contribution in [-0.2, 0) is 16.8 Å². The van der Waals surface area contributed by atoms with Crippen LogP contribution in [0.4, 0.5) is 0 Å². The normalized spacial score (nSPS) is 17.0. The van der Waals surface area contributed by atoms with Crippen LogP contribution in [0.1, 0.15) is 24.0 Å². The Morgan fingerprint density at radius 3 is 2.43 bits per heavy atom. The average molecular weight is 410 g/mol. The van der Waals surface area contributed by atoms with Crippen molar-refractivity contribution in [2.24, 2.45) is 5.92 Å². The quantitative estimate of drug-likeness (QED) is 0.728. The van der Waals surface area contributed by atoms with Gasteiger partial charge in [-0.15, -0.1) is 0 Å². The average Bonchev–Trinajstić information content (AvgIpc) is 2.79. The summed E-state index contributed by atoms with van der Waals surface area (Å²) < 4.78 is 5.34. The van der Waals surface area contributed by atoms with Crippen LogP contribution in [0.15, 0.2) is 54.6 Å². The summed E-state index contributed by atoms with van der Waals surface area (Å²) in [6.45, 7) is 2.23. The van der Waals surface area contributed by atoms with Crippen molar-refractivity contribution in [2.75, 3.05) is 47.9 Å². The van der Waals surface area contributed by atoms with Gasteiger partial charge in [0.15, 0.2) is 0 Å². The molecule has 3 rings (SSSR count). The molecular weight excluding hydrogens is 374 g/mol. The summed E-state index contributed by atoms with van der Waals surface area (Å²) in [7, 11) is 7.88. The van der Waals surface area contributed by atoms with Gasteiger partial charge in [0.05, 0.1) is 13.0 Å². The topological polar surface area (TPSA) is 44.8 Å². The van der Waals surface area contributed by atoms with Gasteiger partial charge in [-0.25, -0.2) is 0 Å². The van der Waals surface area contributed by atoms with Crippen molar-refractivity contribution in [2.45, 2.75) is 24.8 Å². The number of rotatable bonds is 8. The van der Waals surface area contributed by atoms with Crippen LogP contribution in [0, 0.1) is 5.92 Å². The van der Waals surface area contributed by atoms with E-state index in [0.29, 0.717) is 13.0 Å². The van der Waals surface area contributed by atoms with Gasteiger partial charge in [0.1, 0.15) is 5.75 Å². The van der Waals surface area contributed by atoms with E-state index in [4.69, 9.17) is 4.74 Å². The molecule has 1 heterocycles. The third-order valence-corrected chi connectivity index (χ3v) is 6.49. The Balaban J connectivity index is 1.71. The largest absolute Gasteiger partial charge is 0.497 e. The molecule has 0 saturated carbocycles. The van der Waals surface area contributed by atoms with Crippen LogP contribution in [0.25, 0.3) is 0 Å². The number of carbonyl (C=O) groups is 1. The first-order valence-corrected chi connectivity index (χ1v) is 10.8. The fourth-order valence-electron chi connectivity index (χ4n) is 4.67. The van der Waals surface area contributed by atoms with Gasteiger partial charge >= 0.3 is 0 Å². The predicted molar refractivity (Wildman–Crippen MR) is 122 cm³/mol. The molecule has 0 radical (unpaired) electrons. The van der Waals surface area contributed by atoms with E-state index in [2.05, 4.69) is 65.6 Å². The van der Waals surface area contributed by atoms with Crippen molar-refractivity contribution in [1.29, 1.82) is 0 Å². The number of methoxy groups -OCH3 is 1. The van der Waals surface area contributed by atoms with Crippen LogP contribution >= 0.6 is 0 Å². The minimum atomic E-state index is -0.0781. The number of nitrogens with one attached hydrogen (secondary N) is 1. The lowest BCUT2D eigenvalue weighted by molar-refractivity contribution is -0.138. The molecule has 1 fully saturated rings. The molecule has 0 spiro atoms. The van der Waals surface area contributed by atoms with E-state index in [1.807, 2.05) is 25.2 Å².